The summed E-state index contributed by atoms with van der Waals surface area (Å²) in [6.07, 6.45) is 1.89. The van der Waals surface area contributed by atoms with Crippen LogP contribution in [0.2, 0.25) is 0 Å². The molecule has 0 saturated carbocycles. The van der Waals surface area contributed by atoms with Gasteiger partial charge in [-0.25, -0.2) is 4.98 Å². The fourth-order valence-electron chi connectivity index (χ4n) is 8.21. The van der Waals surface area contributed by atoms with Crippen molar-refractivity contribution in [2.75, 3.05) is 0 Å². The van der Waals surface area contributed by atoms with Crippen LogP contribution in [0.3, 0.4) is 0 Å². The summed E-state index contributed by atoms with van der Waals surface area (Å²) >= 11 is 1.87. The second-order valence-electron chi connectivity index (χ2n) is 13.1. The first-order chi connectivity index (χ1) is 24.8. The number of nitrogens with zero attached hydrogens (tertiary/aromatic N) is 2. The van der Waals surface area contributed by atoms with Crippen molar-refractivity contribution in [3.05, 3.63) is 170 Å². The Morgan fingerprint density at radius 3 is 1.70 bits per heavy atom. The zero-order chi connectivity index (χ0) is 32.8. The van der Waals surface area contributed by atoms with E-state index in [0.29, 0.717) is 0 Å². The molecule has 232 valence electrons. The van der Waals surface area contributed by atoms with Gasteiger partial charge in [-0.3, -0.25) is 4.57 Å². The molecular formula is C47H28N2S. The average molecular weight is 653 g/mol. The molecule has 3 heterocycles. The first-order valence-electron chi connectivity index (χ1n) is 17.0. The summed E-state index contributed by atoms with van der Waals surface area (Å²) in [4.78, 5) is 4.82. The fraction of sp³-hybridized carbons (Fsp3) is 0. The summed E-state index contributed by atoms with van der Waals surface area (Å²) in [5.74, 6) is 0. The minimum Gasteiger partial charge on any atom is -0.294 e. The van der Waals surface area contributed by atoms with Gasteiger partial charge in [-0.2, -0.15) is 0 Å². The lowest BCUT2D eigenvalue weighted by molar-refractivity contribution is 1.14. The summed E-state index contributed by atoms with van der Waals surface area (Å²) in [5.41, 5.74) is 8.37. The SMILES string of the molecule is c1ccc2cc(-c3c4ccccc4c(-c4ccc5c(c4)sc4cc(-n6c7ccccc7c7cccnc76)ccc45)c4ccccc34)ccc2c1. The molecule has 0 atom stereocenters. The van der Waals surface area contributed by atoms with Crippen LogP contribution < -0.4 is 0 Å². The van der Waals surface area contributed by atoms with Crippen molar-refractivity contribution in [1.82, 2.24) is 9.55 Å². The maximum Gasteiger partial charge on any atom is 0.145 e. The van der Waals surface area contributed by atoms with Gasteiger partial charge in [-0.05, 0) is 97.0 Å². The number of pyridine rings is 1. The lowest BCUT2D eigenvalue weighted by Crippen LogP contribution is -1.94. The van der Waals surface area contributed by atoms with Crippen molar-refractivity contribution in [1.29, 1.82) is 0 Å². The Bertz CT molecular complexity index is 3050. The normalized spacial score (nSPS) is 12.0. The number of rotatable bonds is 3. The van der Waals surface area contributed by atoms with Crippen molar-refractivity contribution in [2.45, 2.75) is 0 Å². The molecule has 0 aliphatic heterocycles. The molecule has 0 spiro atoms. The molecule has 0 saturated heterocycles. The molecule has 2 nitrogen and oxygen atoms in total. The van der Waals surface area contributed by atoms with Gasteiger partial charge in [0.05, 0.1) is 5.52 Å². The van der Waals surface area contributed by atoms with Crippen LogP contribution in [-0.4, -0.2) is 9.55 Å². The third-order valence-corrected chi connectivity index (χ3v) is 11.5. The number of aromatic nitrogens is 2. The van der Waals surface area contributed by atoms with E-state index in [4.69, 9.17) is 4.98 Å². The third kappa shape index (κ3) is 3.98. The van der Waals surface area contributed by atoms with Gasteiger partial charge < -0.3 is 0 Å². The molecule has 0 aliphatic rings. The standard InChI is InChI=1S/C47H28N2S/c1-2-11-30-26-31(20-19-29(30)10-1)45-37-13-3-5-15-39(37)46(40-16-6-4-14-38(40)45)32-21-23-35-36-24-22-33(28-44(36)50-43(35)27-32)49-42-18-8-7-12-34(42)41-17-9-25-48-47(41)49/h1-28H. The lowest BCUT2D eigenvalue weighted by atomic mass is 9.85. The third-order valence-electron chi connectivity index (χ3n) is 10.4. The van der Waals surface area contributed by atoms with E-state index in [1.54, 1.807) is 0 Å². The largest absolute Gasteiger partial charge is 0.294 e. The van der Waals surface area contributed by atoms with E-state index in [1.165, 1.54) is 91.0 Å². The first-order valence-corrected chi connectivity index (χ1v) is 17.9. The van der Waals surface area contributed by atoms with E-state index in [-0.39, 0.29) is 0 Å². The van der Waals surface area contributed by atoms with E-state index >= 15 is 0 Å². The van der Waals surface area contributed by atoms with Gasteiger partial charge in [0.25, 0.3) is 0 Å². The highest BCUT2D eigenvalue weighted by Gasteiger charge is 2.18. The van der Waals surface area contributed by atoms with Crippen molar-refractivity contribution in [2.24, 2.45) is 0 Å². The number of para-hydroxylation sites is 1. The van der Waals surface area contributed by atoms with E-state index in [9.17, 15) is 0 Å². The van der Waals surface area contributed by atoms with Crippen LogP contribution >= 0.6 is 11.3 Å². The Labute approximate surface area is 292 Å². The van der Waals surface area contributed by atoms with Crippen LogP contribution in [-0.2, 0) is 0 Å². The Morgan fingerprint density at radius 1 is 0.400 bits per heavy atom. The molecule has 3 aromatic heterocycles. The summed E-state index contributed by atoms with van der Waals surface area (Å²) < 4.78 is 4.87. The van der Waals surface area contributed by atoms with E-state index < -0.39 is 0 Å². The highest BCUT2D eigenvalue weighted by atomic mass is 32.1. The minimum atomic E-state index is 0.988. The second-order valence-corrected chi connectivity index (χ2v) is 14.2. The predicted molar refractivity (Wildman–Crippen MR) is 215 cm³/mol. The predicted octanol–water partition coefficient (Wildman–Crippen LogP) is 13.3. The van der Waals surface area contributed by atoms with Crippen LogP contribution in [0.1, 0.15) is 0 Å². The van der Waals surface area contributed by atoms with Crippen LogP contribution in [0.4, 0.5) is 0 Å². The van der Waals surface area contributed by atoms with Crippen LogP contribution in [0.5, 0.6) is 0 Å². The van der Waals surface area contributed by atoms with E-state index in [1.807, 2.05) is 23.6 Å². The Morgan fingerprint density at radius 2 is 0.960 bits per heavy atom. The number of thiophene rings is 1. The molecule has 0 bridgehead atoms. The highest BCUT2D eigenvalue weighted by molar-refractivity contribution is 7.25. The van der Waals surface area contributed by atoms with Gasteiger partial charge in [0.1, 0.15) is 5.65 Å². The Kier molecular flexibility index (Phi) is 5.86. The summed E-state index contributed by atoms with van der Waals surface area (Å²) in [7, 11) is 0. The van der Waals surface area contributed by atoms with Crippen molar-refractivity contribution >= 4 is 85.8 Å². The number of fused-ring (bicyclic) bond motifs is 9. The number of hydrogen-bond acceptors (Lipinski definition) is 2. The van der Waals surface area contributed by atoms with Crippen LogP contribution in [0.25, 0.3) is 102 Å². The average Bonchev–Trinajstić information content (AvgIpc) is 3.71. The van der Waals surface area contributed by atoms with Gasteiger partial charge >= 0.3 is 0 Å². The Balaban J connectivity index is 1.12. The Hall–Kier alpha value is -6.29. The summed E-state index contributed by atoms with van der Waals surface area (Å²) in [5, 5.41) is 12.6. The molecule has 0 amide bonds. The zero-order valence-electron chi connectivity index (χ0n) is 27.0. The molecule has 0 radical (unpaired) electrons. The molecular weight excluding hydrogens is 625 g/mol. The minimum absolute atomic E-state index is 0.988. The van der Waals surface area contributed by atoms with Gasteiger partial charge in [-0.15, -0.1) is 11.3 Å². The van der Waals surface area contributed by atoms with E-state index in [0.717, 1.165) is 11.3 Å². The molecule has 11 rings (SSSR count). The molecule has 0 unspecified atom stereocenters. The topological polar surface area (TPSA) is 17.8 Å². The van der Waals surface area contributed by atoms with Gasteiger partial charge in [-0.1, -0.05) is 121 Å². The summed E-state index contributed by atoms with van der Waals surface area (Å²) in [6.45, 7) is 0. The molecule has 50 heavy (non-hydrogen) atoms. The highest BCUT2D eigenvalue weighted by Crippen LogP contribution is 2.46. The first kappa shape index (κ1) is 27.6. The van der Waals surface area contributed by atoms with Crippen molar-refractivity contribution < 1.29 is 0 Å². The van der Waals surface area contributed by atoms with Gasteiger partial charge in [0.2, 0.25) is 0 Å². The monoisotopic (exact) mass is 652 g/mol. The molecule has 0 aliphatic carbocycles. The maximum atomic E-state index is 4.82. The van der Waals surface area contributed by atoms with Crippen LogP contribution in [0.15, 0.2) is 170 Å². The second kappa shape index (κ2) is 10.6. The van der Waals surface area contributed by atoms with Gasteiger partial charge in [0, 0.05) is 42.8 Å². The van der Waals surface area contributed by atoms with E-state index in [2.05, 4.69) is 162 Å². The summed E-state index contributed by atoms with van der Waals surface area (Å²) in [6, 6.07) is 60.1. The molecule has 0 fully saturated rings. The molecule has 8 aromatic carbocycles. The van der Waals surface area contributed by atoms with Gasteiger partial charge in [0.15, 0.2) is 0 Å². The number of benzene rings is 8. The fourth-order valence-corrected chi connectivity index (χ4v) is 9.39. The molecule has 11 aromatic rings. The van der Waals surface area contributed by atoms with Crippen LogP contribution in [0, 0.1) is 0 Å². The number of hydrogen-bond donors (Lipinski definition) is 0. The lowest BCUT2D eigenvalue weighted by Gasteiger charge is -2.18. The van der Waals surface area contributed by atoms with Crippen molar-refractivity contribution in [3.8, 4) is 27.9 Å². The smallest absolute Gasteiger partial charge is 0.145 e. The quantitative estimate of drug-likeness (QED) is 0.174. The molecule has 3 heteroatoms. The molecule has 0 N–H and O–H groups in total. The zero-order valence-corrected chi connectivity index (χ0v) is 27.8. The van der Waals surface area contributed by atoms with Crippen molar-refractivity contribution in [3.63, 3.8) is 0 Å². The maximum absolute atomic E-state index is 4.82.